The van der Waals surface area contributed by atoms with Crippen LogP contribution in [0.4, 0.5) is 0 Å². The highest BCUT2D eigenvalue weighted by atomic mass is 16.4. The molecule has 0 aromatic carbocycles. The molecule has 2 rings (SSSR count). The van der Waals surface area contributed by atoms with Crippen molar-refractivity contribution >= 4 is 17.8 Å². The van der Waals surface area contributed by atoms with E-state index in [9.17, 15) is 4.79 Å². The Morgan fingerprint density at radius 2 is 1.76 bits per heavy atom. The van der Waals surface area contributed by atoms with Gasteiger partial charge in [0.15, 0.2) is 0 Å². The second-order valence-electron chi connectivity index (χ2n) is 6.90. The van der Waals surface area contributed by atoms with Crippen LogP contribution in [0, 0.1) is 5.92 Å². The number of nitrogens with two attached hydrogens (primary N) is 1. The van der Waals surface area contributed by atoms with Gasteiger partial charge in [-0.15, -0.1) is 0 Å². The monoisotopic (exact) mass is 414 g/mol. The number of aromatic nitrogens is 2. The Kier molecular flexibility index (Phi) is 14.1. The van der Waals surface area contributed by atoms with Crippen molar-refractivity contribution in [2.24, 2.45) is 11.7 Å². The van der Waals surface area contributed by atoms with Crippen molar-refractivity contribution < 1.29 is 29.7 Å². The summed E-state index contributed by atoms with van der Waals surface area (Å²) in [5, 5.41) is 24.0. The average Bonchev–Trinajstić information content (AvgIpc) is 3.14. The maximum absolute atomic E-state index is 12.5. The Hall–Kier alpha value is -2.46. The minimum Gasteiger partial charge on any atom is -0.481 e. The first-order valence-electron chi connectivity index (χ1n) is 9.69. The molecule has 1 saturated carbocycles. The molecule has 1 heterocycles. The summed E-state index contributed by atoms with van der Waals surface area (Å²) in [5.41, 5.74) is 6.10. The fourth-order valence-electron chi connectivity index (χ4n) is 3.07. The van der Waals surface area contributed by atoms with E-state index < -0.39 is 18.0 Å². The number of aliphatic carboxylic acids is 2. The summed E-state index contributed by atoms with van der Waals surface area (Å²) in [7, 11) is 0. The van der Waals surface area contributed by atoms with E-state index in [-0.39, 0.29) is 19.1 Å². The van der Waals surface area contributed by atoms with Crippen LogP contribution >= 0.6 is 0 Å². The Morgan fingerprint density at radius 1 is 1.21 bits per heavy atom. The van der Waals surface area contributed by atoms with E-state index in [4.69, 9.17) is 30.6 Å². The Morgan fingerprint density at radius 3 is 2.21 bits per heavy atom. The molecule has 0 radical (unpaired) electrons. The first kappa shape index (κ1) is 26.5. The molecule has 1 atom stereocenters. The van der Waals surface area contributed by atoms with Gasteiger partial charge >= 0.3 is 0 Å². The van der Waals surface area contributed by atoms with E-state index in [2.05, 4.69) is 9.97 Å². The highest BCUT2D eigenvalue weighted by Gasteiger charge is 2.25. The van der Waals surface area contributed by atoms with Crippen LogP contribution in [0.2, 0.25) is 0 Å². The van der Waals surface area contributed by atoms with Gasteiger partial charge < -0.3 is 30.9 Å². The maximum Gasteiger partial charge on any atom is 0.300 e. The van der Waals surface area contributed by atoms with Gasteiger partial charge in [0, 0.05) is 32.8 Å². The van der Waals surface area contributed by atoms with Crippen LogP contribution in [0.5, 0.6) is 0 Å². The Labute approximate surface area is 171 Å². The van der Waals surface area contributed by atoms with E-state index in [0.29, 0.717) is 18.3 Å². The molecule has 29 heavy (non-hydrogen) atoms. The molecule has 1 aromatic heterocycles. The summed E-state index contributed by atoms with van der Waals surface area (Å²) < 4.78 is 0. The number of imidazole rings is 1. The van der Waals surface area contributed by atoms with Crippen molar-refractivity contribution in [1.82, 2.24) is 14.9 Å². The molecule has 0 spiro atoms. The van der Waals surface area contributed by atoms with Crippen LogP contribution in [-0.4, -0.2) is 67.2 Å². The van der Waals surface area contributed by atoms with E-state index >= 15 is 0 Å². The van der Waals surface area contributed by atoms with Crippen molar-refractivity contribution in [1.29, 1.82) is 0 Å². The molecule has 1 aliphatic rings. The number of aliphatic hydroxyl groups is 1. The number of carboxylic acid groups (broad SMARTS) is 2. The number of rotatable bonds is 7. The molecule has 10 nitrogen and oxygen atoms in total. The number of carbonyl (C=O) groups excluding carboxylic acids is 1. The summed E-state index contributed by atoms with van der Waals surface area (Å²) in [6.07, 6.45) is 10.3. The van der Waals surface area contributed by atoms with E-state index in [0.717, 1.165) is 20.3 Å². The normalized spacial score (nSPS) is 14.5. The fourth-order valence-corrected chi connectivity index (χ4v) is 3.07. The SMILES string of the molecule is CC(=O)O.CC(=O)O.N[C@@H](CC1CCCCC1)C(=O)N(CCO)Cc1ncc[nH]1. The van der Waals surface area contributed by atoms with Gasteiger partial charge in [0.1, 0.15) is 5.82 Å². The van der Waals surface area contributed by atoms with Gasteiger partial charge in [-0.25, -0.2) is 4.98 Å². The molecule has 1 aromatic rings. The van der Waals surface area contributed by atoms with Gasteiger partial charge in [0.2, 0.25) is 5.91 Å². The Bertz CT molecular complexity index is 568. The highest BCUT2D eigenvalue weighted by molar-refractivity contribution is 5.81. The number of aliphatic hydroxyl groups excluding tert-OH is 1. The predicted octanol–water partition coefficient (Wildman–Crippen LogP) is 1.21. The molecule has 0 unspecified atom stereocenters. The highest BCUT2D eigenvalue weighted by Crippen LogP contribution is 2.27. The molecule has 0 bridgehead atoms. The third-order valence-electron chi connectivity index (χ3n) is 4.21. The van der Waals surface area contributed by atoms with Crippen LogP contribution in [0.15, 0.2) is 12.4 Å². The molecule has 1 fully saturated rings. The first-order chi connectivity index (χ1) is 13.7. The van der Waals surface area contributed by atoms with Gasteiger partial charge in [0.25, 0.3) is 11.9 Å². The number of nitrogens with one attached hydrogen (secondary N) is 1. The number of carboxylic acids is 2. The number of aromatic amines is 1. The zero-order valence-corrected chi connectivity index (χ0v) is 17.2. The molecule has 166 valence electrons. The minimum atomic E-state index is -0.833. The van der Waals surface area contributed by atoms with E-state index in [1.165, 1.54) is 32.1 Å². The number of H-pyrrole nitrogens is 1. The third-order valence-corrected chi connectivity index (χ3v) is 4.21. The van der Waals surface area contributed by atoms with Crippen LogP contribution in [0.3, 0.4) is 0 Å². The average molecular weight is 415 g/mol. The van der Waals surface area contributed by atoms with Gasteiger partial charge in [-0.2, -0.15) is 0 Å². The summed E-state index contributed by atoms with van der Waals surface area (Å²) in [4.78, 5) is 39.2. The molecule has 0 aliphatic heterocycles. The third kappa shape index (κ3) is 14.2. The summed E-state index contributed by atoms with van der Waals surface area (Å²) in [5.74, 6) is -0.482. The van der Waals surface area contributed by atoms with Crippen LogP contribution in [0.25, 0.3) is 0 Å². The van der Waals surface area contributed by atoms with Crippen molar-refractivity contribution in [3.05, 3.63) is 18.2 Å². The van der Waals surface area contributed by atoms with Crippen molar-refractivity contribution in [3.63, 3.8) is 0 Å². The van der Waals surface area contributed by atoms with Gasteiger partial charge in [-0.05, 0) is 12.3 Å². The number of nitrogens with zero attached hydrogens (tertiary/aromatic N) is 2. The lowest BCUT2D eigenvalue weighted by Gasteiger charge is -2.28. The van der Waals surface area contributed by atoms with Crippen LogP contribution in [-0.2, 0) is 20.9 Å². The second kappa shape index (κ2) is 15.5. The van der Waals surface area contributed by atoms with E-state index in [1.54, 1.807) is 17.3 Å². The van der Waals surface area contributed by atoms with Crippen molar-refractivity contribution in [2.75, 3.05) is 13.2 Å². The summed E-state index contributed by atoms with van der Waals surface area (Å²) in [6.45, 7) is 2.76. The first-order valence-corrected chi connectivity index (χ1v) is 9.69. The molecule has 6 N–H and O–H groups in total. The largest absolute Gasteiger partial charge is 0.481 e. The molecule has 1 amide bonds. The van der Waals surface area contributed by atoms with Gasteiger partial charge in [-0.3, -0.25) is 14.4 Å². The molecule has 1 aliphatic carbocycles. The predicted molar refractivity (Wildman–Crippen MR) is 107 cm³/mol. The fraction of sp³-hybridized carbons (Fsp3) is 0.684. The molecular weight excluding hydrogens is 380 g/mol. The van der Waals surface area contributed by atoms with Crippen LogP contribution < -0.4 is 5.73 Å². The zero-order valence-electron chi connectivity index (χ0n) is 17.2. The number of carbonyl (C=O) groups is 3. The van der Waals surface area contributed by atoms with E-state index in [1.807, 2.05) is 0 Å². The zero-order chi connectivity index (χ0) is 22.2. The van der Waals surface area contributed by atoms with Crippen LogP contribution in [0.1, 0.15) is 58.2 Å². The molecule has 0 saturated heterocycles. The van der Waals surface area contributed by atoms with Gasteiger partial charge in [-0.1, -0.05) is 32.1 Å². The minimum absolute atomic E-state index is 0.0669. The lowest BCUT2D eigenvalue weighted by atomic mass is 9.85. The summed E-state index contributed by atoms with van der Waals surface area (Å²) in [6, 6.07) is -0.477. The number of hydrogen-bond donors (Lipinski definition) is 5. The Balaban J connectivity index is 0.000000837. The van der Waals surface area contributed by atoms with Crippen molar-refractivity contribution in [3.8, 4) is 0 Å². The second-order valence-corrected chi connectivity index (χ2v) is 6.90. The lowest BCUT2D eigenvalue weighted by Crippen LogP contribution is -2.45. The number of amides is 1. The maximum atomic E-state index is 12.5. The van der Waals surface area contributed by atoms with Gasteiger partial charge in [0.05, 0.1) is 19.2 Å². The number of hydrogen-bond acceptors (Lipinski definition) is 6. The summed E-state index contributed by atoms with van der Waals surface area (Å²) >= 11 is 0. The quantitative estimate of drug-likeness (QED) is 0.443. The smallest absolute Gasteiger partial charge is 0.300 e. The standard InChI is InChI=1S/C15H26N4O2.2C2H4O2/c16-13(10-12-4-2-1-3-5-12)15(21)19(8-9-20)11-14-17-6-7-18-14;2*1-2(3)4/h6-7,12-13,20H,1-5,8-11,16H2,(H,17,18);2*1H3,(H,3,4)/t13-;;/m0../s1. The van der Waals surface area contributed by atoms with Crippen molar-refractivity contribution in [2.45, 2.75) is 65.0 Å². The lowest BCUT2D eigenvalue weighted by molar-refractivity contribution is -0.135. The molecule has 10 heteroatoms. The topological polar surface area (TPSA) is 170 Å². The molecular formula is C19H34N4O6.